The molecule has 0 saturated carbocycles. The molecule has 0 spiro atoms. The molecule has 3 N–H and O–H groups in total. The molecule has 1 aromatic rings. The summed E-state index contributed by atoms with van der Waals surface area (Å²) in [6.07, 6.45) is 0.994. The first-order valence-electron chi connectivity index (χ1n) is 4.51. The quantitative estimate of drug-likeness (QED) is 0.732. The molecular weight excluding hydrogens is 202 g/mol. The maximum atomic E-state index is 5.77. The summed E-state index contributed by atoms with van der Waals surface area (Å²) in [5.41, 5.74) is 6.26. The zero-order valence-corrected chi connectivity index (χ0v) is 8.42. The maximum Gasteiger partial charge on any atom is 0.133 e. The van der Waals surface area contributed by atoms with E-state index in [0.29, 0.717) is 29.3 Å². The van der Waals surface area contributed by atoms with Crippen LogP contribution in [0.4, 0.5) is 11.5 Å². The molecule has 2 rings (SSSR count). The van der Waals surface area contributed by atoms with Crippen LogP contribution in [0, 0.1) is 0 Å². The fraction of sp³-hybridized carbons (Fsp3) is 0.444. The van der Waals surface area contributed by atoms with Gasteiger partial charge in [-0.3, -0.25) is 0 Å². The lowest BCUT2D eigenvalue weighted by Gasteiger charge is -2.11. The lowest BCUT2D eigenvalue weighted by Crippen LogP contribution is -2.19. The number of rotatable bonds is 2. The van der Waals surface area contributed by atoms with Crippen LogP contribution < -0.4 is 11.1 Å². The smallest absolute Gasteiger partial charge is 0.133 e. The van der Waals surface area contributed by atoms with Gasteiger partial charge in [0.2, 0.25) is 0 Å². The number of aromatic nitrogens is 1. The van der Waals surface area contributed by atoms with Gasteiger partial charge >= 0.3 is 0 Å². The van der Waals surface area contributed by atoms with Gasteiger partial charge in [-0.15, -0.1) is 0 Å². The first-order chi connectivity index (χ1) is 6.74. The van der Waals surface area contributed by atoms with Crippen molar-refractivity contribution in [2.75, 3.05) is 24.3 Å². The van der Waals surface area contributed by atoms with Gasteiger partial charge in [-0.1, -0.05) is 11.6 Å². The van der Waals surface area contributed by atoms with E-state index >= 15 is 0 Å². The summed E-state index contributed by atoms with van der Waals surface area (Å²) in [6.45, 7) is 1.52. The minimum atomic E-state index is 0.320. The molecule has 1 atom stereocenters. The van der Waals surface area contributed by atoms with Gasteiger partial charge in [-0.05, 0) is 12.5 Å². The zero-order chi connectivity index (χ0) is 9.97. The van der Waals surface area contributed by atoms with E-state index in [4.69, 9.17) is 22.1 Å². The lowest BCUT2D eigenvalue weighted by atomic mass is 10.2. The van der Waals surface area contributed by atoms with Crippen LogP contribution >= 0.6 is 11.6 Å². The number of anilines is 2. The largest absolute Gasteiger partial charge is 0.399 e. The number of nitrogen functional groups attached to an aromatic ring is 1. The van der Waals surface area contributed by atoms with E-state index in [0.717, 1.165) is 13.0 Å². The Bertz CT molecular complexity index is 306. The molecule has 76 valence electrons. The number of pyridine rings is 1. The zero-order valence-electron chi connectivity index (χ0n) is 7.66. The molecule has 1 aromatic heterocycles. The normalized spacial score (nSPS) is 21.1. The lowest BCUT2D eigenvalue weighted by molar-refractivity contribution is 0.195. The van der Waals surface area contributed by atoms with Crippen molar-refractivity contribution >= 4 is 23.1 Å². The van der Waals surface area contributed by atoms with Crippen molar-refractivity contribution in [3.05, 3.63) is 17.3 Å². The molecule has 1 saturated heterocycles. The highest BCUT2D eigenvalue weighted by atomic mass is 35.5. The van der Waals surface area contributed by atoms with Gasteiger partial charge in [0.25, 0.3) is 0 Å². The number of hydrogen-bond donors (Lipinski definition) is 2. The number of hydrogen-bond acceptors (Lipinski definition) is 4. The van der Waals surface area contributed by atoms with Crippen LogP contribution in [0.2, 0.25) is 5.15 Å². The van der Waals surface area contributed by atoms with E-state index in [1.54, 1.807) is 12.1 Å². The van der Waals surface area contributed by atoms with Crippen LogP contribution in [0.3, 0.4) is 0 Å². The molecule has 0 aromatic carbocycles. The molecule has 0 bridgehead atoms. The van der Waals surface area contributed by atoms with E-state index < -0.39 is 0 Å². The minimum absolute atomic E-state index is 0.320. The number of nitrogens with zero attached hydrogens (tertiary/aromatic N) is 1. The second-order valence-electron chi connectivity index (χ2n) is 3.31. The highest BCUT2D eigenvalue weighted by Gasteiger charge is 2.15. The van der Waals surface area contributed by atoms with E-state index in [9.17, 15) is 0 Å². The molecule has 0 radical (unpaired) electrons. The van der Waals surface area contributed by atoms with Crippen LogP contribution in [0.25, 0.3) is 0 Å². The molecule has 0 amide bonds. The molecular formula is C9H12ClN3O. The fourth-order valence-corrected chi connectivity index (χ4v) is 1.67. The average Bonchev–Trinajstić information content (AvgIpc) is 2.54. The summed E-state index contributed by atoms with van der Waals surface area (Å²) in [5.74, 6) is 0.713. The first kappa shape index (κ1) is 9.55. The third kappa shape index (κ3) is 2.27. The fourth-order valence-electron chi connectivity index (χ4n) is 1.45. The van der Waals surface area contributed by atoms with Crippen LogP contribution in [0.15, 0.2) is 12.1 Å². The van der Waals surface area contributed by atoms with Crippen molar-refractivity contribution in [3.8, 4) is 0 Å². The van der Waals surface area contributed by atoms with E-state index in [2.05, 4.69) is 10.3 Å². The number of halogens is 1. The third-order valence-corrected chi connectivity index (χ3v) is 2.29. The summed E-state index contributed by atoms with van der Waals surface area (Å²) < 4.78 is 5.24. The molecule has 5 heteroatoms. The van der Waals surface area contributed by atoms with Crippen molar-refractivity contribution in [2.24, 2.45) is 0 Å². The molecule has 1 fully saturated rings. The monoisotopic (exact) mass is 213 g/mol. The molecule has 1 aliphatic rings. The molecule has 1 aliphatic heterocycles. The highest BCUT2D eigenvalue weighted by molar-refractivity contribution is 6.29. The Morgan fingerprint density at radius 1 is 1.57 bits per heavy atom. The summed E-state index contributed by atoms with van der Waals surface area (Å²) in [4.78, 5) is 4.12. The Kier molecular flexibility index (Phi) is 2.74. The van der Waals surface area contributed by atoms with Crippen molar-refractivity contribution < 1.29 is 4.74 Å². The van der Waals surface area contributed by atoms with E-state index in [1.807, 2.05) is 0 Å². The number of nitrogens with one attached hydrogen (secondary N) is 1. The molecule has 4 nitrogen and oxygen atoms in total. The van der Waals surface area contributed by atoms with E-state index in [1.165, 1.54) is 0 Å². The van der Waals surface area contributed by atoms with Crippen molar-refractivity contribution in [1.82, 2.24) is 4.98 Å². The van der Waals surface area contributed by atoms with Gasteiger partial charge < -0.3 is 15.8 Å². The van der Waals surface area contributed by atoms with Gasteiger partial charge in [-0.2, -0.15) is 0 Å². The van der Waals surface area contributed by atoms with Crippen LogP contribution in [0.1, 0.15) is 6.42 Å². The first-order valence-corrected chi connectivity index (χ1v) is 4.89. The highest BCUT2D eigenvalue weighted by Crippen LogP contribution is 2.18. The molecule has 1 unspecified atom stereocenters. The SMILES string of the molecule is Nc1cc(Cl)nc(NC2CCOC2)c1. The van der Waals surface area contributed by atoms with Crippen molar-refractivity contribution in [1.29, 1.82) is 0 Å². The Labute approximate surface area is 87.4 Å². The topological polar surface area (TPSA) is 60.2 Å². The summed E-state index contributed by atoms with van der Waals surface area (Å²) in [6, 6.07) is 3.71. The van der Waals surface area contributed by atoms with Crippen LogP contribution in [0.5, 0.6) is 0 Å². The standard InChI is InChI=1S/C9H12ClN3O/c10-8-3-6(11)4-9(13-8)12-7-1-2-14-5-7/h3-4,7H,1-2,5H2,(H3,11,12,13). The van der Waals surface area contributed by atoms with Gasteiger partial charge in [0.05, 0.1) is 12.6 Å². The minimum Gasteiger partial charge on any atom is -0.399 e. The Hall–Kier alpha value is -1.00. The Morgan fingerprint density at radius 2 is 2.43 bits per heavy atom. The van der Waals surface area contributed by atoms with Gasteiger partial charge in [0.15, 0.2) is 0 Å². The number of nitrogens with two attached hydrogens (primary N) is 1. The molecule has 14 heavy (non-hydrogen) atoms. The van der Waals surface area contributed by atoms with Gasteiger partial charge in [0.1, 0.15) is 11.0 Å². The molecule has 2 heterocycles. The summed E-state index contributed by atoms with van der Waals surface area (Å²) in [5, 5.41) is 3.63. The predicted octanol–water partition coefficient (Wildman–Crippen LogP) is 1.52. The van der Waals surface area contributed by atoms with Crippen molar-refractivity contribution in [3.63, 3.8) is 0 Å². The summed E-state index contributed by atoms with van der Waals surface area (Å²) in [7, 11) is 0. The van der Waals surface area contributed by atoms with Crippen LogP contribution in [-0.4, -0.2) is 24.2 Å². The molecule has 0 aliphatic carbocycles. The van der Waals surface area contributed by atoms with Gasteiger partial charge in [-0.25, -0.2) is 4.98 Å². The Balaban J connectivity index is 2.07. The second-order valence-corrected chi connectivity index (χ2v) is 3.70. The van der Waals surface area contributed by atoms with E-state index in [-0.39, 0.29) is 0 Å². The predicted molar refractivity (Wildman–Crippen MR) is 56.5 cm³/mol. The van der Waals surface area contributed by atoms with Gasteiger partial charge in [0, 0.05) is 18.4 Å². The van der Waals surface area contributed by atoms with Crippen molar-refractivity contribution in [2.45, 2.75) is 12.5 Å². The second kappa shape index (κ2) is 4.02. The Morgan fingerprint density at radius 3 is 3.07 bits per heavy atom. The maximum absolute atomic E-state index is 5.77. The summed E-state index contributed by atoms with van der Waals surface area (Å²) >= 11 is 5.77. The van der Waals surface area contributed by atoms with Crippen LogP contribution in [-0.2, 0) is 4.74 Å². The average molecular weight is 214 g/mol. The third-order valence-electron chi connectivity index (χ3n) is 2.10. The number of ether oxygens (including phenoxy) is 1.